The number of nitro groups is 1. The summed E-state index contributed by atoms with van der Waals surface area (Å²) in [5.74, 6) is 0.320. The lowest BCUT2D eigenvalue weighted by Gasteiger charge is -2.28. The number of non-ortho nitro benzene ring substituents is 1. The summed E-state index contributed by atoms with van der Waals surface area (Å²) < 4.78 is 5.79. The molecule has 0 spiro atoms. The first kappa shape index (κ1) is 19.9. The Balaban J connectivity index is 1.43. The minimum atomic E-state index is -0.702. The van der Waals surface area contributed by atoms with Crippen molar-refractivity contribution < 1.29 is 14.1 Å². The molecule has 0 unspecified atom stereocenters. The highest BCUT2D eigenvalue weighted by atomic mass is 16.6. The van der Waals surface area contributed by atoms with Crippen LogP contribution in [0.1, 0.15) is 31.2 Å². The largest absolute Gasteiger partial charge is 0.434 e. The lowest BCUT2D eigenvalue weighted by atomic mass is 9.78. The quantitative estimate of drug-likeness (QED) is 0.343. The molecule has 1 N–H and O–H groups in total. The second-order valence-electron chi connectivity index (χ2n) is 7.97. The molecule has 32 heavy (non-hydrogen) atoms. The third-order valence-electron chi connectivity index (χ3n) is 6.05. The number of carbonyl (C=O) groups is 1. The number of hydrogen-bond acceptors (Lipinski definition) is 6. The summed E-state index contributed by atoms with van der Waals surface area (Å²) in [6.45, 7) is 0. The van der Waals surface area contributed by atoms with Crippen LogP contribution in [0.25, 0.3) is 22.7 Å². The van der Waals surface area contributed by atoms with Gasteiger partial charge < -0.3 is 9.73 Å². The van der Waals surface area contributed by atoms with Gasteiger partial charge in [-0.05, 0) is 48.7 Å². The average Bonchev–Trinajstić information content (AvgIpc) is 3.48. The molecule has 8 nitrogen and oxygen atoms in total. The molecular formula is C24H20N4O4. The summed E-state index contributed by atoms with van der Waals surface area (Å²) in [5, 5.41) is 14.1. The first-order valence-electron chi connectivity index (χ1n) is 10.4. The Bertz CT molecular complexity index is 1270. The van der Waals surface area contributed by atoms with Gasteiger partial charge in [0.2, 0.25) is 11.8 Å². The zero-order valence-electron chi connectivity index (χ0n) is 17.2. The predicted molar refractivity (Wildman–Crippen MR) is 119 cm³/mol. The maximum Gasteiger partial charge on any atom is 0.269 e. The summed E-state index contributed by atoms with van der Waals surface area (Å²) in [6.07, 6.45) is 4.92. The van der Waals surface area contributed by atoms with Gasteiger partial charge in [-0.15, -0.1) is 0 Å². The van der Waals surface area contributed by atoms with Gasteiger partial charge >= 0.3 is 0 Å². The Kier molecular flexibility index (Phi) is 4.89. The molecule has 8 heteroatoms. The van der Waals surface area contributed by atoms with Crippen LogP contribution >= 0.6 is 0 Å². The van der Waals surface area contributed by atoms with Gasteiger partial charge in [-0.1, -0.05) is 31.0 Å². The number of oxazole rings is 1. The molecule has 0 bridgehead atoms. The highest BCUT2D eigenvalue weighted by molar-refractivity contribution is 5.99. The number of fused-ring (bicyclic) bond motifs is 1. The first-order valence-corrected chi connectivity index (χ1v) is 10.4. The molecule has 0 atom stereocenters. The molecule has 1 amide bonds. The van der Waals surface area contributed by atoms with Crippen molar-refractivity contribution in [1.82, 2.24) is 9.97 Å². The number of anilines is 1. The second-order valence-corrected chi connectivity index (χ2v) is 7.97. The van der Waals surface area contributed by atoms with E-state index in [1.165, 1.54) is 12.1 Å². The van der Waals surface area contributed by atoms with Crippen molar-refractivity contribution in [2.75, 3.05) is 5.32 Å². The molecule has 0 saturated heterocycles. The van der Waals surface area contributed by atoms with Crippen LogP contribution in [0.15, 0.2) is 71.3 Å². The maximum atomic E-state index is 13.5. The number of benzene rings is 2. The molecule has 1 saturated carbocycles. The summed E-state index contributed by atoms with van der Waals surface area (Å²) >= 11 is 0. The molecule has 5 rings (SSSR count). The molecule has 2 aromatic carbocycles. The number of nitrogens with zero attached hydrogens (tertiary/aromatic N) is 3. The number of nitrogens with one attached hydrogen (secondary N) is 1. The van der Waals surface area contributed by atoms with Crippen LogP contribution in [0, 0.1) is 10.1 Å². The molecule has 2 heterocycles. The van der Waals surface area contributed by atoms with E-state index in [0.29, 0.717) is 35.6 Å². The number of rotatable bonds is 5. The van der Waals surface area contributed by atoms with Crippen LogP contribution in [-0.4, -0.2) is 20.8 Å². The van der Waals surface area contributed by atoms with Crippen molar-refractivity contribution in [2.24, 2.45) is 0 Å². The van der Waals surface area contributed by atoms with Gasteiger partial charge in [-0.25, -0.2) is 4.98 Å². The van der Waals surface area contributed by atoms with Gasteiger partial charge in [-0.3, -0.25) is 14.9 Å². The molecule has 2 aromatic heterocycles. The second kappa shape index (κ2) is 7.88. The van der Waals surface area contributed by atoms with Gasteiger partial charge in [0.15, 0.2) is 11.2 Å². The number of aromatic nitrogens is 2. The van der Waals surface area contributed by atoms with E-state index in [0.717, 1.165) is 24.0 Å². The highest BCUT2D eigenvalue weighted by Gasteiger charge is 2.42. The van der Waals surface area contributed by atoms with Crippen LogP contribution in [0.3, 0.4) is 0 Å². The third kappa shape index (κ3) is 3.49. The van der Waals surface area contributed by atoms with E-state index in [9.17, 15) is 14.9 Å². The SMILES string of the molecule is O=C(Nc1cccc(-c2nc3ncccc3o2)c1)C1(c2ccc([N+](=O)[O-])cc2)CCCC1. The van der Waals surface area contributed by atoms with E-state index in [4.69, 9.17) is 4.42 Å². The Hall–Kier alpha value is -4.07. The van der Waals surface area contributed by atoms with Crippen LogP contribution in [0.4, 0.5) is 11.4 Å². The Morgan fingerprint density at radius 2 is 1.84 bits per heavy atom. The number of carbonyl (C=O) groups excluding carboxylic acids is 1. The third-order valence-corrected chi connectivity index (χ3v) is 6.05. The van der Waals surface area contributed by atoms with Gasteiger partial charge in [0, 0.05) is 29.6 Å². The van der Waals surface area contributed by atoms with Crippen molar-refractivity contribution in [3.8, 4) is 11.5 Å². The number of amides is 1. The topological polar surface area (TPSA) is 111 Å². The Morgan fingerprint density at radius 3 is 2.56 bits per heavy atom. The van der Waals surface area contributed by atoms with Gasteiger partial charge in [0.05, 0.1) is 10.3 Å². The molecule has 0 radical (unpaired) electrons. The molecule has 1 aliphatic carbocycles. The van der Waals surface area contributed by atoms with Crippen LogP contribution in [-0.2, 0) is 10.2 Å². The fourth-order valence-electron chi connectivity index (χ4n) is 4.40. The van der Waals surface area contributed by atoms with Crippen LogP contribution in [0.5, 0.6) is 0 Å². The van der Waals surface area contributed by atoms with E-state index >= 15 is 0 Å². The van der Waals surface area contributed by atoms with Crippen LogP contribution in [0.2, 0.25) is 0 Å². The van der Waals surface area contributed by atoms with E-state index in [-0.39, 0.29) is 11.6 Å². The lowest BCUT2D eigenvalue weighted by molar-refractivity contribution is -0.384. The summed E-state index contributed by atoms with van der Waals surface area (Å²) in [5.41, 5.74) is 2.61. The van der Waals surface area contributed by atoms with Gasteiger partial charge in [-0.2, -0.15) is 4.98 Å². The van der Waals surface area contributed by atoms with Crippen molar-refractivity contribution in [3.05, 3.63) is 82.5 Å². The van der Waals surface area contributed by atoms with Gasteiger partial charge in [0.25, 0.3) is 5.69 Å². The predicted octanol–water partition coefficient (Wildman–Crippen LogP) is 5.25. The zero-order chi connectivity index (χ0) is 22.1. The smallest absolute Gasteiger partial charge is 0.269 e. The summed E-state index contributed by atoms with van der Waals surface area (Å²) in [7, 11) is 0. The average molecular weight is 428 g/mol. The normalized spacial score (nSPS) is 15.0. The van der Waals surface area contributed by atoms with Gasteiger partial charge in [0.1, 0.15) is 0 Å². The monoisotopic (exact) mass is 428 g/mol. The first-order chi connectivity index (χ1) is 15.5. The highest BCUT2D eigenvalue weighted by Crippen LogP contribution is 2.42. The van der Waals surface area contributed by atoms with E-state index in [1.54, 1.807) is 30.5 Å². The molecule has 1 aliphatic rings. The van der Waals surface area contributed by atoms with Crippen molar-refractivity contribution in [2.45, 2.75) is 31.1 Å². The van der Waals surface area contributed by atoms with E-state index in [2.05, 4.69) is 15.3 Å². The van der Waals surface area contributed by atoms with E-state index in [1.807, 2.05) is 24.3 Å². The molecule has 1 fully saturated rings. The summed E-state index contributed by atoms with van der Waals surface area (Å²) in [4.78, 5) is 32.6. The molecule has 0 aliphatic heterocycles. The van der Waals surface area contributed by atoms with E-state index < -0.39 is 10.3 Å². The number of hydrogen-bond donors (Lipinski definition) is 1. The van der Waals surface area contributed by atoms with Crippen molar-refractivity contribution in [3.63, 3.8) is 0 Å². The standard InChI is InChI=1S/C24H20N4O4/c29-23(24(12-1-2-13-24)17-8-10-19(11-9-17)28(30)31)26-18-6-3-5-16(15-18)22-27-21-20(32-22)7-4-14-25-21/h3-11,14-15H,1-2,12-13H2,(H,26,29). The Labute approximate surface area is 183 Å². The number of pyridine rings is 1. The fraction of sp³-hybridized carbons (Fsp3) is 0.208. The van der Waals surface area contributed by atoms with Crippen molar-refractivity contribution >= 4 is 28.5 Å². The molecule has 4 aromatic rings. The lowest BCUT2D eigenvalue weighted by Crippen LogP contribution is -2.38. The van der Waals surface area contributed by atoms with Crippen LogP contribution < -0.4 is 5.32 Å². The van der Waals surface area contributed by atoms with Crippen molar-refractivity contribution in [1.29, 1.82) is 0 Å². The zero-order valence-corrected chi connectivity index (χ0v) is 17.2. The molecule has 160 valence electrons. The minimum Gasteiger partial charge on any atom is -0.434 e. The fourth-order valence-corrected chi connectivity index (χ4v) is 4.40. The number of nitro benzene ring substituents is 1. The maximum absolute atomic E-state index is 13.5. The summed E-state index contributed by atoms with van der Waals surface area (Å²) in [6, 6.07) is 17.3. The molecular weight excluding hydrogens is 408 g/mol. The minimum absolute atomic E-state index is 0.0165. The Morgan fingerprint density at radius 1 is 1.06 bits per heavy atom.